The molecular formula is C14H11N3O4S. The van der Waals surface area contributed by atoms with Gasteiger partial charge < -0.3 is 15.7 Å². The molecule has 2 aromatic carbocycles. The average Bonchev–Trinajstić information content (AvgIpc) is 2.48. The van der Waals surface area contributed by atoms with Crippen LogP contribution in [0.25, 0.3) is 0 Å². The number of carboxylic acid groups (broad SMARTS) is 1. The molecule has 2 rings (SSSR count). The summed E-state index contributed by atoms with van der Waals surface area (Å²) in [5.74, 6) is -1.00. The van der Waals surface area contributed by atoms with Gasteiger partial charge in [-0.15, -0.1) is 0 Å². The monoisotopic (exact) mass is 317 g/mol. The second-order valence-corrected chi connectivity index (χ2v) is 4.67. The Bertz CT molecular complexity index is 652. The molecule has 0 fully saturated rings. The molecule has 0 aromatic heterocycles. The minimum absolute atomic E-state index is 0.00585. The number of nitro benzene ring substituents is 1. The molecule has 3 N–H and O–H groups in total. The average molecular weight is 317 g/mol. The van der Waals surface area contributed by atoms with E-state index >= 15 is 0 Å². The highest BCUT2D eigenvalue weighted by molar-refractivity contribution is 7.80. The van der Waals surface area contributed by atoms with Crippen molar-refractivity contribution >= 4 is 40.4 Å². The van der Waals surface area contributed by atoms with Gasteiger partial charge in [0.05, 0.1) is 10.5 Å². The molecule has 0 spiro atoms. The minimum atomic E-state index is -1.00. The van der Waals surface area contributed by atoms with Crippen LogP contribution >= 0.6 is 12.2 Å². The zero-order chi connectivity index (χ0) is 16.1. The van der Waals surface area contributed by atoms with Crippen molar-refractivity contribution in [1.29, 1.82) is 0 Å². The van der Waals surface area contributed by atoms with E-state index in [1.165, 1.54) is 24.3 Å². The van der Waals surface area contributed by atoms with Crippen molar-refractivity contribution in [2.45, 2.75) is 0 Å². The molecule has 0 bridgehead atoms. The molecule has 0 saturated carbocycles. The number of hydrogen-bond donors (Lipinski definition) is 3. The topological polar surface area (TPSA) is 104 Å². The van der Waals surface area contributed by atoms with Gasteiger partial charge in [0.15, 0.2) is 5.11 Å². The first-order valence-corrected chi connectivity index (χ1v) is 6.52. The van der Waals surface area contributed by atoms with Crippen LogP contribution in [0.3, 0.4) is 0 Å². The number of rotatable bonds is 4. The van der Waals surface area contributed by atoms with Gasteiger partial charge in [-0.3, -0.25) is 10.1 Å². The van der Waals surface area contributed by atoms with E-state index in [0.29, 0.717) is 11.4 Å². The summed E-state index contributed by atoms with van der Waals surface area (Å²) in [6.07, 6.45) is 0. The maximum Gasteiger partial charge on any atom is 0.335 e. The number of anilines is 2. The lowest BCUT2D eigenvalue weighted by Gasteiger charge is -2.10. The number of thiocarbonyl (C=S) groups is 1. The Balaban J connectivity index is 1.97. The van der Waals surface area contributed by atoms with Crippen LogP contribution in [-0.4, -0.2) is 21.1 Å². The van der Waals surface area contributed by atoms with E-state index in [4.69, 9.17) is 17.3 Å². The Morgan fingerprint density at radius 2 is 1.45 bits per heavy atom. The maximum atomic E-state index is 10.7. The first-order valence-electron chi connectivity index (χ1n) is 6.11. The smallest absolute Gasteiger partial charge is 0.335 e. The minimum Gasteiger partial charge on any atom is -0.478 e. The van der Waals surface area contributed by atoms with Crippen molar-refractivity contribution in [3.8, 4) is 0 Å². The zero-order valence-electron chi connectivity index (χ0n) is 11.1. The van der Waals surface area contributed by atoms with Crippen LogP contribution in [0.1, 0.15) is 10.4 Å². The van der Waals surface area contributed by atoms with Gasteiger partial charge in [0.1, 0.15) is 0 Å². The predicted octanol–water partition coefficient (Wildman–Crippen LogP) is 3.10. The van der Waals surface area contributed by atoms with Gasteiger partial charge in [-0.2, -0.15) is 0 Å². The number of hydrogen-bond acceptors (Lipinski definition) is 4. The molecule has 7 nitrogen and oxygen atoms in total. The fourth-order valence-corrected chi connectivity index (χ4v) is 1.89. The first-order chi connectivity index (χ1) is 10.5. The van der Waals surface area contributed by atoms with E-state index in [-0.39, 0.29) is 16.4 Å². The number of nitro groups is 1. The Hall–Kier alpha value is -3.00. The summed E-state index contributed by atoms with van der Waals surface area (Å²) in [5, 5.41) is 25.4. The van der Waals surface area contributed by atoms with Crippen LogP contribution < -0.4 is 10.6 Å². The largest absolute Gasteiger partial charge is 0.478 e. The van der Waals surface area contributed by atoms with Crippen molar-refractivity contribution in [3.63, 3.8) is 0 Å². The van der Waals surface area contributed by atoms with Gasteiger partial charge in [0, 0.05) is 23.5 Å². The molecule has 0 aliphatic heterocycles. The lowest BCUT2D eigenvalue weighted by molar-refractivity contribution is -0.384. The molecule has 0 radical (unpaired) electrons. The van der Waals surface area contributed by atoms with Crippen LogP contribution in [0.4, 0.5) is 17.1 Å². The van der Waals surface area contributed by atoms with Crippen LogP contribution in [0.5, 0.6) is 0 Å². The fraction of sp³-hybridized carbons (Fsp3) is 0. The number of nitrogens with one attached hydrogen (secondary N) is 2. The van der Waals surface area contributed by atoms with E-state index in [1.807, 2.05) is 0 Å². The van der Waals surface area contributed by atoms with Crippen LogP contribution in [0.15, 0.2) is 48.5 Å². The summed E-state index contributed by atoms with van der Waals surface area (Å²) in [5.41, 5.74) is 1.41. The number of nitrogens with zero attached hydrogens (tertiary/aromatic N) is 1. The number of aromatic carboxylic acids is 1. The van der Waals surface area contributed by atoms with Crippen molar-refractivity contribution in [3.05, 3.63) is 64.2 Å². The summed E-state index contributed by atoms with van der Waals surface area (Å²) in [6.45, 7) is 0. The van der Waals surface area contributed by atoms with Gasteiger partial charge in [-0.05, 0) is 48.6 Å². The Labute approximate surface area is 130 Å². The molecule has 0 heterocycles. The standard InChI is InChI=1S/C14H11N3O4S/c18-13(19)9-1-3-10(4-2-9)15-14(22)16-11-5-7-12(8-6-11)17(20)21/h1-8H,(H,18,19)(H2,15,16,22). The lowest BCUT2D eigenvalue weighted by atomic mass is 10.2. The number of carboxylic acids is 1. The summed E-state index contributed by atoms with van der Waals surface area (Å²) >= 11 is 5.11. The molecular weight excluding hydrogens is 306 g/mol. The molecule has 2 aromatic rings. The van der Waals surface area contributed by atoms with Gasteiger partial charge in [0.25, 0.3) is 5.69 Å². The first kappa shape index (κ1) is 15.4. The van der Waals surface area contributed by atoms with Gasteiger partial charge in [-0.1, -0.05) is 0 Å². The van der Waals surface area contributed by atoms with E-state index in [0.717, 1.165) is 0 Å². The Morgan fingerprint density at radius 3 is 1.86 bits per heavy atom. The molecule has 0 aliphatic carbocycles. The molecule has 112 valence electrons. The molecule has 0 saturated heterocycles. The zero-order valence-corrected chi connectivity index (χ0v) is 12.0. The third-order valence-electron chi connectivity index (χ3n) is 2.73. The van der Waals surface area contributed by atoms with Gasteiger partial charge in [-0.25, -0.2) is 4.79 Å². The highest BCUT2D eigenvalue weighted by Crippen LogP contribution is 2.16. The van der Waals surface area contributed by atoms with Gasteiger partial charge >= 0.3 is 5.97 Å². The second-order valence-electron chi connectivity index (χ2n) is 4.27. The van der Waals surface area contributed by atoms with Crippen LogP contribution in [-0.2, 0) is 0 Å². The third-order valence-corrected chi connectivity index (χ3v) is 2.93. The molecule has 0 unspecified atom stereocenters. The summed E-state index contributed by atoms with van der Waals surface area (Å²) in [6, 6.07) is 11.9. The number of benzene rings is 2. The number of carbonyl (C=O) groups is 1. The second kappa shape index (κ2) is 6.64. The highest BCUT2D eigenvalue weighted by Gasteiger charge is 2.06. The Kier molecular flexibility index (Phi) is 4.64. The third kappa shape index (κ3) is 4.00. The SMILES string of the molecule is O=C(O)c1ccc(NC(=S)Nc2ccc([N+](=O)[O-])cc2)cc1. The molecule has 8 heteroatoms. The molecule has 0 amide bonds. The van der Waals surface area contributed by atoms with E-state index < -0.39 is 10.9 Å². The van der Waals surface area contributed by atoms with Crippen LogP contribution in [0.2, 0.25) is 0 Å². The van der Waals surface area contributed by atoms with Crippen molar-refractivity contribution in [1.82, 2.24) is 0 Å². The fourth-order valence-electron chi connectivity index (χ4n) is 1.66. The van der Waals surface area contributed by atoms with Crippen molar-refractivity contribution in [2.75, 3.05) is 10.6 Å². The lowest BCUT2D eigenvalue weighted by Crippen LogP contribution is -2.19. The van der Waals surface area contributed by atoms with Gasteiger partial charge in [0.2, 0.25) is 0 Å². The van der Waals surface area contributed by atoms with Crippen LogP contribution in [0, 0.1) is 10.1 Å². The maximum absolute atomic E-state index is 10.7. The molecule has 0 aliphatic rings. The van der Waals surface area contributed by atoms with Crippen molar-refractivity contribution in [2.24, 2.45) is 0 Å². The summed E-state index contributed by atoms with van der Waals surface area (Å²) in [7, 11) is 0. The van der Waals surface area contributed by atoms with Crippen molar-refractivity contribution < 1.29 is 14.8 Å². The van der Waals surface area contributed by atoms with E-state index in [1.54, 1.807) is 24.3 Å². The van der Waals surface area contributed by atoms with E-state index in [2.05, 4.69) is 10.6 Å². The summed E-state index contributed by atoms with van der Waals surface area (Å²) < 4.78 is 0. The summed E-state index contributed by atoms with van der Waals surface area (Å²) in [4.78, 5) is 20.8. The highest BCUT2D eigenvalue weighted by atomic mass is 32.1. The molecule has 0 atom stereocenters. The molecule has 22 heavy (non-hydrogen) atoms. The Morgan fingerprint density at radius 1 is 1.00 bits per heavy atom. The predicted molar refractivity (Wildman–Crippen MR) is 86.3 cm³/mol. The normalized spacial score (nSPS) is 9.82. The quantitative estimate of drug-likeness (QED) is 0.452. The number of non-ortho nitro benzene ring substituents is 1. The van der Waals surface area contributed by atoms with E-state index in [9.17, 15) is 14.9 Å².